The molecule has 2 N–H and O–H groups in total. The van der Waals surface area contributed by atoms with Crippen LogP contribution < -0.4 is 10.2 Å². The first-order chi connectivity index (χ1) is 9.30. The second-order valence-electron chi connectivity index (χ2n) is 4.81. The van der Waals surface area contributed by atoms with Gasteiger partial charge in [0.2, 0.25) is 5.91 Å². The van der Waals surface area contributed by atoms with Crippen molar-refractivity contribution in [2.24, 2.45) is 0 Å². The van der Waals surface area contributed by atoms with Gasteiger partial charge in [-0.05, 0) is 19.8 Å². The molecule has 0 radical (unpaired) electrons. The number of H-pyrrole nitrogens is 1. The lowest BCUT2D eigenvalue weighted by Crippen LogP contribution is -2.45. The minimum Gasteiger partial charge on any atom is -0.354 e. The van der Waals surface area contributed by atoms with Crippen molar-refractivity contribution < 1.29 is 13.2 Å². The van der Waals surface area contributed by atoms with E-state index in [0.717, 1.165) is 0 Å². The van der Waals surface area contributed by atoms with Gasteiger partial charge in [-0.2, -0.15) is 4.31 Å². The third kappa shape index (κ3) is 3.10. The Kier molecular flexibility index (Phi) is 4.31. The summed E-state index contributed by atoms with van der Waals surface area (Å²) in [7, 11) is -3.62. The molecule has 1 saturated heterocycles. The Morgan fingerprint density at radius 3 is 2.45 bits per heavy atom. The lowest BCUT2D eigenvalue weighted by atomic mass is 10.1. The lowest BCUT2D eigenvalue weighted by molar-refractivity contribution is -0.119. The first kappa shape index (κ1) is 15.2. The number of hydrogen-bond acceptors (Lipinski definition) is 5. The van der Waals surface area contributed by atoms with Crippen LogP contribution in [0.15, 0.2) is 9.00 Å². The van der Waals surface area contributed by atoms with Crippen LogP contribution in [0.5, 0.6) is 0 Å². The molecule has 1 aliphatic rings. The maximum absolute atomic E-state index is 12.4. The Labute approximate surface area is 121 Å². The molecular weight excluding hydrogens is 302 g/mol. The molecule has 20 heavy (non-hydrogen) atoms. The van der Waals surface area contributed by atoms with E-state index in [1.807, 2.05) is 0 Å². The highest BCUT2D eigenvalue weighted by Gasteiger charge is 2.32. The van der Waals surface area contributed by atoms with Crippen LogP contribution in [0, 0.1) is 6.92 Å². The molecule has 0 aliphatic carbocycles. The smallest absolute Gasteiger partial charge is 0.305 e. The third-order valence-electron chi connectivity index (χ3n) is 3.22. The van der Waals surface area contributed by atoms with Crippen LogP contribution in [0.3, 0.4) is 0 Å². The highest BCUT2D eigenvalue weighted by molar-refractivity contribution is 7.91. The zero-order chi connectivity index (χ0) is 14.9. The number of sulfonamides is 1. The standard InChI is InChI=1S/C11H17N3O4S2/c1-7-10(19-11(16)12-7)20(17,18)14-5-3-9(4-6-14)13-8(2)15/h9H,3-6H2,1-2H3,(H,12,16)(H,13,15). The monoisotopic (exact) mass is 319 g/mol. The van der Waals surface area contributed by atoms with Crippen molar-refractivity contribution in [1.29, 1.82) is 0 Å². The quantitative estimate of drug-likeness (QED) is 0.821. The largest absolute Gasteiger partial charge is 0.354 e. The SMILES string of the molecule is CC(=O)NC1CCN(S(=O)(=O)c2sc(=O)[nH]c2C)CC1. The molecule has 0 aromatic carbocycles. The van der Waals surface area contributed by atoms with E-state index in [1.54, 1.807) is 6.92 Å². The number of piperidine rings is 1. The number of nitrogens with one attached hydrogen (secondary N) is 2. The summed E-state index contributed by atoms with van der Waals surface area (Å²) < 4.78 is 26.3. The third-order valence-corrected chi connectivity index (χ3v) is 6.70. The van der Waals surface area contributed by atoms with Gasteiger partial charge in [-0.3, -0.25) is 9.59 Å². The molecule has 9 heteroatoms. The normalized spacial score (nSPS) is 18.1. The van der Waals surface area contributed by atoms with Gasteiger partial charge >= 0.3 is 4.87 Å². The van der Waals surface area contributed by atoms with Crippen molar-refractivity contribution >= 4 is 27.3 Å². The molecule has 2 rings (SSSR count). The summed E-state index contributed by atoms with van der Waals surface area (Å²) in [5, 5.41) is 2.79. The van der Waals surface area contributed by atoms with Gasteiger partial charge in [-0.1, -0.05) is 11.3 Å². The van der Waals surface area contributed by atoms with Crippen molar-refractivity contribution in [1.82, 2.24) is 14.6 Å². The Bertz CT molecular complexity index is 653. The molecule has 0 unspecified atom stereocenters. The van der Waals surface area contributed by atoms with Gasteiger partial charge in [-0.25, -0.2) is 8.42 Å². The Hall–Kier alpha value is -1.19. The number of rotatable bonds is 3. The molecule has 0 spiro atoms. The summed E-state index contributed by atoms with van der Waals surface area (Å²) in [6.07, 6.45) is 1.16. The molecule has 0 saturated carbocycles. The summed E-state index contributed by atoms with van der Waals surface area (Å²) in [5.74, 6) is -0.106. The topological polar surface area (TPSA) is 99.3 Å². The summed E-state index contributed by atoms with van der Waals surface area (Å²) in [6.45, 7) is 3.72. The van der Waals surface area contributed by atoms with Crippen molar-refractivity contribution in [2.75, 3.05) is 13.1 Å². The van der Waals surface area contributed by atoms with Gasteiger partial charge in [-0.15, -0.1) is 0 Å². The number of aromatic nitrogens is 1. The summed E-state index contributed by atoms with van der Waals surface area (Å²) >= 11 is 0.716. The number of hydrogen-bond donors (Lipinski definition) is 2. The fourth-order valence-electron chi connectivity index (χ4n) is 2.28. The molecule has 1 aromatic rings. The number of thiazole rings is 1. The van der Waals surface area contributed by atoms with Gasteiger partial charge in [0.15, 0.2) is 4.21 Å². The highest BCUT2D eigenvalue weighted by Crippen LogP contribution is 2.24. The van der Waals surface area contributed by atoms with Crippen molar-refractivity contribution in [3.8, 4) is 0 Å². The predicted octanol–water partition coefficient (Wildman–Crippen LogP) is 0.0340. The Morgan fingerprint density at radius 1 is 1.40 bits per heavy atom. The molecule has 0 atom stereocenters. The predicted molar refractivity (Wildman–Crippen MR) is 75.3 cm³/mol. The average Bonchev–Trinajstić information content (AvgIpc) is 2.69. The molecule has 7 nitrogen and oxygen atoms in total. The summed E-state index contributed by atoms with van der Waals surface area (Å²) in [5.41, 5.74) is 0.379. The van der Waals surface area contributed by atoms with E-state index in [1.165, 1.54) is 11.2 Å². The number of aryl methyl sites for hydroxylation is 1. The Morgan fingerprint density at radius 2 is 2.00 bits per heavy atom. The zero-order valence-electron chi connectivity index (χ0n) is 11.3. The molecule has 1 fully saturated rings. The number of amides is 1. The number of nitrogens with zero attached hydrogens (tertiary/aromatic N) is 1. The minimum atomic E-state index is -3.62. The van der Waals surface area contributed by atoms with Crippen molar-refractivity contribution in [3.63, 3.8) is 0 Å². The maximum atomic E-state index is 12.4. The minimum absolute atomic E-state index is 0.0185. The second-order valence-corrected chi connectivity index (χ2v) is 7.92. The lowest BCUT2D eigenvalue weighted by Gasteiger charge is -2.31. The average molecular weight is 319 g/mol. The molecule has 1 aromatic heterocycles. The number of carbonyl (C=O) groups excluding carboxylic acids is 1. The van der Waals surface area contributed by atoms with Gasteiger partial charge < -0.3 is 10.3 Å². The van der Waals surface area contributed by atoms with E-state index < -0.39 is 10.0 Å². The van der Waals surface area contributed by atoms with E-state index >= 15 is 0 Å². The fourth-order valence-corrected chi connectivity index (χ4v) is 5.19. The van der Waals surface area contributed by atoms with Crippen molar-refractivity contribution in [3.05, 3.63) is 15.4 Å². The molecular formula is C11H17N3O4S2. The van der Waals surface area contributed by atoms with Crippen LogP contribution in [-0.2, 0) is 14.8 Å². The molecule has 0 bridgehead atoms. The van der Waals surface area contributed by atoms with Crippen LogP contribution in [-0.4, -0.2) is 42.7 Å². The van der Waals surface area contributed by atoms with E-state index in [-0.39, 0.29) is 21.0 Å². The first-order valence-corrected chi connectivity index (χ1v) is 8.53. The zero-order valence-corrected chi connectivity index (χ0v) is 12.9. The number of aromatic amines is 1. The van der Waals surface area contributed by atoms with Gasteiger partial charge in [0, 0.05) is 31.7 Å². The van der Waals surface area contributed by atoms with Gasteiger partial charge in [0.05, 0.1) is 0 Å². The molecule has 112 valence electrons. The van der Waals surface area contributed by atoms with E-state index in [0.29, 0.717) is 43.0 Å². The first-order valence-electron chi connectivity index (χ1n) is 6.27. The van der Waals surface area contributed by atoms with Crippen LogP contribution in [0.25, 0.3) is 0 Å². The van der Waals surface area contributed by atoms with E-state index in [9.17, 15) is 18.0 Å². The molecule has 1 aliphatic heterocycles. The second kappa shape index (κ2) is 5.66. The highest BCUT2D eigenvalue weighted by atomic mass is 32.2. The van der Waals surface area contributed by atoms with E-state index in [4.69, 9.17) is 0 Å². The van der Waals surface area contributed by atoms with Crippen LogP contribution >= 0.6 is 11.3 Å². The van der Waals surface area contributed by atoms with Crippen molar-refractivity contribution in [2.45, 2.75) is 36.9 Å². The summed E-state index contributed by atoms with van der Waals surface area (Å²) in [4.78, 5) is 24.3. The Balaban J connectivity index is 2.11. The summed E-state index contributed by atoms with van der Waals surface area (Å²) in [6, 6.07) is 0.0185. The number of carbonyl (C=O) groups is 1. The van der Waals surface area contributed by atoms with Gasteiger partial charge in [0.1, 0.15) is 0 Å². The van der Waals surface area contributed by atoms with Crippen LogP contribution in [0.2, 0.25) is 0 Å². The molecule has 1 amide bonds. The van der Waals surface area contributed by atoms with E-state index in [2.05, 4.69) is 10.3 Å². The fraction of sp³-hybridized carbons (Fsp3) is 0.636. The molecule has 2 heterocycles. The maximum Gasteiger partial charge on any atom is 0.305 e. The van der Waals surface area contributed by atoms with Crippen LogP contribution in [0.1, 0.15) is 25.5 Å². The van der Waals surface area contributed by atoms with Crippen LogP contribution in [0.4, 0.5) is 0 Å². The van der Waals surface area contributed by atoms with Gasteiger partial charge in [0.25, 0.3) is 10.0 Å².